The van der Waals surface area contributed by atoms with Crippen molar-refractivity contribution >= 4 is 11.7 Å². The number of carbonyl (C=O) groups is 1. The number of ether oxygens (including phenoxy) is 2. The van der Waals surface area contributed by atoms with Gasteiger partial charge >= 0.3 is 0 Å². The number of anilines is 1. The van der Waals surface area contributed by atoms with Crippen LogP contribution in [0.3, 0.4) is 0 Å². The van der Waals surface area contributed by atoms with Gasteiger partial charge in [0.2, 0.25) is 0 Å². The second kappa shape index (κ2) is 6.82. The highest BCUT2D eigenvalue weighted by atomic mass is 16.5. The van der Waals surface area contributed by atoms with Crippen LogP contribution in [-0.4, -0.2) is 66.3 Å². The molecule has 0 radical (unpaired) electrons. The second-order valence-electron chi connectivity index (χ2n) is 5.21. The summed E-state index contributed by atoms with van der Waals surface area (Å²) in [5.74, 6) is 0.595. The maximum atomic E-state index is 12.3. The average molecular weight is 292 g/mol. The van der Waals surface area contributed by atoms with Gasteiger partial charge in [0.05, 0.1) is 19.3 Å². The van der Waals surface area contributed by atoms with E-state index in [0.717, 1.165) is 19.4 Å². The lowest BCUT2D eigenvalue weighted by molar-refractivity contribution is 0.0299. The fourth-order valence-electron chi connectivity index (χ4n) is 2.52. The Morgan fingerprint density at radius 1 is 1.33 bits per heavy atom. The number of hydrogen-bond donors (Lipinski definition) is 1. The first-order chi connectivity index (χ1) is 10.3. The van der Waals surface area contributed by atoms with E-state index in [-0.39, 0.29) is 12.0 Å². The van der Waals surface area contributed by atoms with Gasteiger partial charge in [0.1, 0.15) is 17.8 Å². The maximum Gasteiger partial charge on any atom is 0.272 e. The smallest absolute Gasteiger partial charge is 0.272 e. The number of rotatable bonds is 4. The van der Waals surface area contributed by atoms with Crippen LogP contribution in [-0.2, 0) is 9.47 Å². The molecule has 0 spiro atoms. The Bertz CT molecular complexity index is 485. The molecule has 3 heterocycles. The third-order valence-electron chi connectivity index (χ3n) is 3.72. The second-order valence-corrected chi connectivity index (χ2v) is 5.21. The Balaban J connectivity index is 1.60. The fraction of sp³-hybridized carbons (Fsp3) is 0.643. The van der Waals surface area contributed by atoms with Gasteiger partial charge in [-0.25, -0.2) is 9.97 Å². The van der Waals surface area contributed by atoms with Crippen LogP contribution >= 0.6 is 0 Å². The van der Waals surface area contributed by atoms with E-state index in [4.69, 9.17) is 9.47 Å². The lowest BCUT2D eigenvalue weighted by Gasteiger charge is -2.26. The highest BCUT2D eigenvalue weighted by Gasteiger charge is 2.20. The number of nitrogens with zero attached hydrogens (tertiary/aromatic N) is 3. The molecule has 21 heavy (non-hydrogen) atoms. The third kappa shape index (κ3) is 3.68. The van der Waals surface area contributed by atoms with Gasteiger partial charge in [-0.2, -0.15) is 0 Å². The van der Waals surface area contributed by atoms with Crippen molar-refractivity contribution in [2.45, 2.75) is 18.9 Å². The van der Waals surface area contributed by atoms with Crippen LogP contribution in [0.25, 0.3) is 0 Å². The molecule has 1 unspecified atom stereocenters. The summed E-state index contributed by atoms with van der Waals surface area (Å²) in [6.45, 7) is 3.93. The zero-order valence-electron chi connectivity index (χ0n) is 12.0. The number of nitrogens with one attached hydrogen (secondary N) is 1. The maximum absolute atomic E-state index is 12.3. The molecule has 2 aliphatic heterocycles. The predicted octanol–water partition coefficient (Wildman–Crippen LogP) is 0.540. The normalized spacial score (nSPS) is 22.3. The Morgan fingerprint density at radius 3 is 2.95 bits per heavy atom. The lowest BCUT2D eigenvalue weighted by atomic mass is 10.2. The number of aromatic nitrogens is 2. The van der Waals surface area contributed by atoms with E-state index >= 15 is 0 Å². The molecule has 2 fully saturated rings. The predicted molar refractivity (Wildman–Crippen MR) is 76.2 cm³/mol. The number of carbonyl (C=O) groups excluding carboxylic acids is 1. The standard InChI is InChI=1S/C14H20N4O3/c19-14(18-3-6-20-7-4-18)12-8-13(17-10-16-12)15-9-11-2-1-5-21-11/h8,10-11H,1-7,9H2,(H,15,16,17). The number of morpholine rings is 1. The number of hydrogen-bond acceptors (Lipinski definition) is 6. The van der Waals surface area contributed by atoms with E-state index in [1.54, 1.807) is 11.0 Å². The van der Waals surface area contributed by atoms with E-state index in [1.807, 2.05) is 0 Å². The van der Waals surface area contributed by atoms with Gasteiger partial charge < -0.3 is 19.7 Å². The highest BCUT2D eigenvalue weighted by molar-refractivity contribution is 5.92. The van der Waals surface area contributed by atoms with E-state index in [0.29, 0.717) is 44.4 Å². The van der Waals surface area contributed by atoms with Gasteiger partial charge in [-0.1, -0.05) is 0 Å². The van der Waals surface area contributed by atoms with Crippen molar-refractivity contribution in [3.63, 3.8) is 0 Å². The van der Waals surface area contributed by atoms with Crippen LogP contribution in [0.5, 0.6) is 0 Å². The topological polar surface area (TPSA) is 76.6 Å². The van der Waals surface area contributed by atoms with Gasteiger partial charge in [0, 0.05) is 32.3 Å². The van der Waals surface area contributed by atoms with Crippen LogP contribution in [0.2, 0.25) is 0 Å². The number of amides is 1. The summed E-state index contributed by atoms with van der Waals surface area (Å²) >= 11 is 0. The van der Waals surface area contributed by atoms with Crippen molar-refractivity contribution in [1.82, 2.24) is 14.9 Å². The molecule has 0 saturated carbocycles. The molecule has 0 aromatic carbocycles. The molecule has 2 aliphatic rings. The van der Waals surface area contributed by atoms with Crippen molar-refractivity contribution in [2.24, 2.45) is 0 Å². The largest absolute Gasteiger partial charge is 0.378 e. The van der Waals surface area contributed by atoms with E-state index in [2.05, 4.69) is 15.3 Å². The minimum Gasteiger partial charge on any atom is -0.378 e. The van der Waals surface area contributed by atoms with Crippen molar-refractivity contribution in [3.05, 3.63) is 18.1 Å². The van der Waals surface area contributed by atoms with Gasteiger partial charge in [0.25, 0.3) is 5.91 Å². The summed E-state index contributed by atoms with van der Waals surface area (Å²) < 4.78 is 10.8. The quantitative estimate of drug-likeness (QED) is 0.873. The molecule has 1 aromatic heterocycles. The minimum absolute atomic E-state index is 0.0686. The first-order valence-corrected chi connectivity index (χ1v) is 7.37. The molecule has 3 rings (SSSR count). The first kappa shape index (κ1) is 14.2. The summed E-state index contributed by atoms with van der Waals surface area (Å²) in [7, 11) is 0. The molecule has 1 aromatic rings. The molecular formula is C14H20N4O3. The summed E-state index contributed by atoms with van der Waals surface area (Å²) in [5, 5.41) is 3.21. The molecule has 7 heteroatoms. The zero-order valence-corrected chi connectivity index (χ0v) is 12.0. The summed E-state index contributed by atoms with van der Waals surface area (Å²) in [6, 6.07) is 1.70. The minimum atomic E-state index is -0.0686. The van der Waals surface area contributed by atoms with Crippen molar-refractivity contribution in [3.8, 4) is 0 Å². The van der Waals surface area contributed by atoms with Crippen LogP contribution in [0.1, 0.15) is 23.3 Å². The molecule has 114 valence electrons. The monoisotopic (exact) mass is 292 g/mol. The summed E-state index contributed by atoms with van der Waals surface area (Å²) in [6.07, 6.45) is 3.83. The molecule has 0 aliphatic carbocycles. The van der Waals surface area contributed by atoms with Crippen molar-refractivity contribution in [2.75, 3.05) is 44.8 Å². The summed E-state index contributed by atoms with van der Waals surface area (Å²) in [5.41, 5.74) is 0.418. The van der Waals surface area contributed by atoms with Crippen LogP contribution < -0.4 is 5.32 Å². The van der Waals surface area contributed by atoms with E-state index < -0.39 is 0 Å². The van der Waals surface area contributed by atoms with Gasteiger partial charge in [0.15, 0.2) is 0 Å². The van der Waals surface area contributed by atoms with Crippen molar-refractivity contribution < 1.29 is 14.3 Å². The van der Waals surface area contributed by atoms with Gasteiger partial charge in [-0.3, -0.25) is 4.79 Å². The van der Waals surface area contributed by atoms with E-state index in [9.17, 15) is 4.79 Å². The lowest BCUT2D eigenvalue weighted by Crippen LogP contribution is -2.41. The Morgan fingerprint density at radius 2 is 2.19 bits per heavy atom. The van der Waals surface area contributed by atoms with E-state index in [1.165, 1.54) is 6.33 Å². The Hall–Kier alpha value is -1.73. The highest BCUT2D eigenvalue weighted by Crippen LogP contribution is 2.13. The Labute approximate surface area is 123 Å². The van der Waals surface area contributed by atoms with Crippen LogP contribution in [0.15, 0.2) is 12.4 Å². The first-order valence-electron chi connectivity index (χ1n) is 7.37. The molecular weight excluding hydrogens is 272 g/mol. The zero-order chi connectivity index (χ0) is 14.5. The molecule has 0 bridgehead atoms. The van der Waals surface area contributed by atoms with Crippen molar-refractivity contribution in [1.29, 1.82) is 0 Å². The fourth-order valence-corrected chi connectivity index (χ4v) is 2.52. The van der Waals surface area contributed by atoms with Gasteiger partial charge in [-0.05, 0) is 12.8 Å². The Kier molecular flexibility index (Phi) is 4.62. The molecule has 1 atom stereocenters. The third-order valence-corrected chi connectivity index (χ3v) is 3.72. The van der Waals surface area contributed by atoms with Gasteiger partial charge in [-0.15, -0.1) is 0 Å². The SMILES string of the molecule is O=C(c1cc(NCC2CCCO2)ncn1)N1CCOCC1. The summed E-state index contributed by atoms with van der Waals surface area (Å²) in [4.78, 5) is 22.3. The van der Waals surface area contributed by atoms with Crippen LogP contribution in [0.4, 0.5) is 5.82 Å². The molecule has 7 nitrogen and oxygen atoms in total. The average Bonchev–Trinajstić information content (AvgIpc) is 3.07. The van der Waals surface area contributed by atoms with Crippen LogP contribution in [0, 0.1) is 0 Å². The molecule has 2 saturated heterocycles. The molecule has 1 N–H and O–H groups in total. The molecule has 1 amide bonds.